The number of hydrazone groups is 1. The van der Waals surface area contributed by atoms with Crippen molar-refractivity contribution < 1.29 is 18.0 Å². The van der Waals surface area contributed by atoms with Crippen molar-refractivity contribution in [3.8, 4) is 11.4 Å². The maximum absolute atomic E-state index is 14.3. The molecule has 1 fully saturated rings. The summed E-state index contributed by atoms with van der Waals surface area (Å²) < 4.78 is 41.6. The normalized spacial score (nSPS) is 18.1. The van der Waals surface area contributed by atoms with E-state index in [2.05, 4.69) is 25.3 Å². The van der Waals surface area contributed by atoms with Gasteiger partial charge in [0.25, 0.3) is 0 Å². The lowest BCUT2D eigenvalue weighted by Gasteiger charge is -2.37. The summed E-state index contributed by atoms with van der Waals surface area (Å²) in [7, 11) is 1.62. The van der Waals surface area contributed by atoms with Crippen molar-refractivity contribution in [3.05, 3.63) is 53.6 Å². The fraction of sp³-hybridized carbons (Fsp3) is 0.333. The molecule has 4 heterocycles. The van der Waals surface area contributed by atoms with Gasteiger partial charge in [-0.1, -0.05) is 0 Å². The minimum Gasteiger partial charge on any atom is -0.337 e. The van der Waals surface area contributed by atoms with Gasteiger partial charge in [-0.25, -0.2) is 32.9 Å². The van der Waals surface area contributed by atoms with E-state index in [1.807, 2.05) is 4.90 Å². The summed E-state index contributed by atoms with van der Waals surface area (Å²) in [6, 6.07) is 2.27. The van der Waals surface area contributed by atoms with Gasteiger partial charge in [0, 0.05) is 51.9 Å². The highest BCUT2D eigenvalue weighted by Crippen LogP contribution is 2.30. The van der Waals surface area contributed by atoms with Crippen LogP contribution < -0.4 is 4.90 Å². The van der Waals surface area contributed by atoms with Gasteiger partial charge in [-0.3, -0.25) is 0 Å². The molecule has 3 aromatic rings. The first-order chi connectivity index (χ1) is 16.4. The zero-order valence-corrected chi connectivity index (χ0v) is 18.1. The number of amides is 2. The molecule has 176 valence electrons. The maximum Gasteiger partial charge on any atom is 0.341 e. The number of carbonyl (C=O) groups excluding carboxylic acids is 1. The van der Waals surface area contributed by atoms with Gasteiger partial charge in [-0.05, 0) is 17.7 Å². The predicted molar refractivity (Wildman–Crippen MR) is 115 cm³/mol. The molecular formula is C21H20F3N9O. The SMILES string of the molecule is Cn1ncc(-c2nc(N3CCN(C(=O)N4N=CC[C@H]4c4cc(F)cc(F)c4)CC3)ncc2F)n1. The average Bonchev–Trinajstić information content (AvgIpc) is 3.48. The Hall–Kier alpha value is -4.03. The first-order valence-electron chi connectivity index (χ1n) is 10.6. The molecular weight excluding hydrogens is 451 g/mol. The number of aromatic nitrogens is 5. The van der Waals surface area contributed by atoms with Crippen molar-refractivity contribution in [1.82, 2.24) is 34.9 Å². The summed E-state index contributed by atoms with van der Waals surface area (Å²) >= 11 is 0. The number of urea groups is 1. The van der Waals surface area contributed by atoms with E-state index in [1.54, 1.807) is 18.2 Å². The first-order valence-corrected chi connectivity index (χ1v) is 10.6. The molecule has 0 radical (unpaired) electrons. The van der Waals surface area contributed by atoms with Gasteiger partial charge in [0.1, 0.15) is 23.0 Å². The van der Waals surface area contributed by atoms with Crippen molar-refractivity contribution >= 4 is 18.2 Å². The van der Waals surface area contributed by atoms with Crippen molar-refractivity contribution in [3.63, 3.8) is 0 Å². The molecule has 13 heteroatoms. The van der Waals surface area contributed by atoms with Gasteiger partial charge >= 0.3 is 6.03 Å². The van der Waals surface area contributed by atoms with Crippen LogP contribution in [0.15, 0.2) is 35.7 Å². The van der Waals surface area contributed by atoms with Crippen molar-refractivity contribution in [2.24, 2.45) is 12.1 Å². The van der Waals surface area contributed by atoms with Gasteiger partial charge in [-0.2, -0.15) is 20.1 Å². The average molecular weight is 471 g/mol. The number of carbonyl (C=O) groups is 1. The Balaban J connectivity index is 1.27. The van der Waals surface area contributed by atoms with Gasteiger partial charge in [0.05, 0.1) is 18.4 Å². The zero-order chi connectivity index (χ0) is 23.8. The third-order valence-corrected chi connectivity index (χ3v) is 5.70. The Morgan fingerprint density at radius 3 is 2.44 bits per heavy atom. The van der Waals surface area contributed by atoms with E-state index in [-0.39, 0.29) is 11.7 Å². The molecule has 34 heavy (non-hydrogen) atoms. The van der Waals surface area contributed by atoms with Gasteiger partial charge in [-0.15, -0.1) is 0 Å². The number of benzene rings is 1. The Morgan fingerprint density at radius 2 is 1.76 bits per heavy atom. The Kier molecular flexibility index (Phi) is 5.59. The summed E-state index contributed by atoms with van der Waals surface area (Å²) in [6.07, 6.45) is 4.43. The molecule has 0 saturated carbocycles. The van der Waals surface area contributed by atoms with E-state index in [1.165, 1.54) is 28.1 Å². The number of nitrogens with zero attached hydrogens (tertiary/aromatic N) is 9. The third kappa shape index (κ3) is 4.16. The van der Waals surface area contributed by atoms with Crippen LogP contribution in [0.1, 0.15) is 18.0 Å². The van der Waals surface area contributed by atoms with Crippen LogP contribution in [0.3, 0.4) is 0 Å². The number of hydrogen-bond donors (Lipinski definition) is 0. The second-order valence-corrected chi connectivity index (χ2v) is 7.94. The van der Waals surface area contributed by atoms with E-state index in [9.17, 15) is 18.0 Å². The van der Waals surface area contributed by atoms with Gasteiger partial charge in [0.15, 0.2) is 5.82 Å². The Morgan fingerprint density at radius 1 is 1.03 bits per heavy atom. The van der Waals surface area contributed by atoms with E-state index in [0.29, 0.717) is 49.8 Å². The molecule has 0 N–H and O–H groups in total. The molecule has 10 nitrogen and oxygen atoms in total. The summed E-state index contributed by atoms with van der Waals surface area (Å²) in [5.41, 5.74) is 0.690. The molecule has 0 aliphatic carbocycles. The number of halogens is 3. The quantitative estimate of drug-likeness (QED) is 0.582. The van der Waals surface area contributed by atoms with Crippen molar-refractivity contribution in [2.75, 3.05) is 31.1 Å². The lowest BCUT2D eigenvalue weighted by Crippen LogP contribution is -2.52. The fourth-order valence-electron chi connectivity index (χ4n) is 4.03. The minimum absolute atomic E-state index is 0.0492. The summed E-state index contributed by atoms with van der Waals surface area (Å²) in [4.78, 5) is 26.3. The lowest BCUT2D eigenvalue weighted by atomic mass is 10.0. The van der Waals surface area contributed by atoms with Crippen molar-refractivity contribution in [1.29, 1.82) is 0 Å². The van der Waals surface area contributed by atoms with Gasteiger partial charge in [0.2, 0.25) is 5.95 Å². The zero-order valence-electron chi connectivity index (χ0n) is 18.1. The molecule has 2 aliphatic rings. The van der Waals surface area contributed by atoms with Crippen LogP contribution in [0.2, 0.25) is 0 Å². The molecule has 2 aromatic heterocycles. The molecule has 0 spiro atoms. The largest absolute Gasteiger partial charge is 0.341 e. The van der Waals surface area contributed by atoms with Crippen LogP contribution in [0, 0.1) is 17.5 Å². The summed E-state index contributed by atoms with van der Waals surface area (Å²) in [6.45, 7) is 1.51. The smallest absolute Gasteiger partial charge is 0.337 e. The lowest BCUT2D eigenvalue weighted by molar-refractivity contribution is 0.139. The minimum atomic E-state index is -0.705. The molecule has 2 aliphatic heterocycles. The Bertz CT molecular complexity index is 1240. The highest BCUT2D eigenvalue weighted by Gasteiger charge is 2.34. The first kappa shape index (κ1) is 21.8. The highest BCUT2D eigenvalue weighted by atomic mass is 19.1. The van der Waals surface area contributed by atoms with Crippen LogP contribution in [0.4, 0.5) is 23.9 Å². The molecule has 0 unspecified atom stereocenters. The number of piperazine rings is 1. The number of anilines is 1. The van der Waals surface area contributed by atoms with Crippen molar-refractivity contribution in [2.45, 2.75) is 12.5 Å². The predicted octanol–water partition coefficient (Wildman–Crippen LogP) is 2.36. The van der Waals surface area contributed by atoms with E-state index >= 15 is 0 Å². The number of rotatable bonds is 3. The standard InChI is InChI=1S/C21H20F3N9O/c1-30-27-12-17(29-30)19-16(24)11-25-20(28-19)31-4-6-32(7-5-31)21(34)33-18(2-3-26-33)13-8-14(22)10-15(23)9-13/h3,8-12,18H,2,4-7H2,1H3/t18-/m0/s1. The molecule has 2 amide bonds. The van der Waals surface area contributed by atoms with Gasteiger partial charge < -0.3 is 9.80 Å². The molecule has 1 saturated heterocycles. The topological polar surface area (TPSA) is 95.6 Å². The highest BCUT2D eigenvalue weighted by molar-refractivity contribution is 5.78. The number of hydrogen-bond acceptors (Lipinski definition) is 7. The number of aryl methyl sites for hydroxylation is 1. The third-order valence-electron chi connectivity index (χ3n) is 5.70. The summed E-state index contributed by atoms with van der Waals surface area (Å²) in [5, 5.41) is 13.4. The molecule has 0 bridgehead atoms. The van der Waals surface area contributed by atoms with Crippen LogP contribution in [0.5, 0.6) is 0 Å². The van der Waals surface area contributed by atoms with E-state index in [0.717, 1.165) is 12.3 Å². The Labute approximate surface area is 192 Å². The molecule has 1 atom stereocenters. The van der Waals surface area contributed by atoms with E-state index < -0.39 is 23.5 Å². The summed E-state index contributed by atoms with van der Waals surface area (Å²) in [5.74, 6) is -1.70. The maximum atomic E-state index is 14.3. The van der Waals surface area contributed by atoms with Crippen LogP contribution in [-0.4, -0.2) is 73.3 Å². The fourth-order valence-corrected chi connectivity index (χ4v) is 4.03. The van der Waals surface area contributed by atoms with Crippen LogP contribution in [0.25, 0.3) is 11.4 Å². The monoisotopic (exact) mass is 471 g/mol. The second kappa shape index (κ2) is 8.72. The van der Waals surface area contributed by atoms with E-state index in [4.69, 9.17) is 0 Å². The van der Waals surface area contributed by atoms with Crippen LogP contribution >= 0.6 is 0 Å². The molecule has 1 aromatic carbocycles. The molecule has 5 rings (SSSR count). The second-order valence-electron chi connectivity index (χ2n) is 7.94. The van der Waals surface area contributed by atoms with Crippen LogP contribution in [-0.2, 0) is 7.05 Å².